The topological polar surface area (TPSA) is 76.1 Å². The minimum atomic E-state index is -0.120. The van der Waals surface area contributed by atoms with Crippen molar-refractivity contribution >= 4 is 5.91 Å². The van der Waals surface area contributed by atoms with Crippen molar-refractivity contribution in [1.82, 2.24) is 20.8 Å². The van der Waals surface area contributed by atoms with Gasteiger partial charge in [0.25, 0.3) is 5.91 Å². The van der Waals surface area contributed by atoms with Crippen LogP contribution in [-0.4, -0.2) is 48.4 Å². The van der Waals surface area contributed by atoms with Crippen molar-refractivity contribution in [2.45, 2.75) is 12.5 Å². The number of hydrogen-bond donors (Lipinski definition) is 2. The minimum Gasteiger partial charge on any atom is -0.376 e. The lowest BCUT2D eigenvalue weighted by atomic mass is 9.85. The van der Waals surface area contributed by atoms with Crippen LogP contribution in [0.5, 0.6) is 0 Å². The number of carbonyl (C=O) groups excluding carboxylic acids is 1. The third-order valence-electron chi connectivity index (χ3n) is 3.99. The Balaban J connectivity index is 1.54. The zero-order valence-corrected chi connectivity index (χ0v) is 10.7. The fourth-order valence-electron chi connectivity index (χ4n) is 2.88. The Labute approximate surface area is 111 Å². The molecule has 2 aliphatic rings. The van der Waals surface area contributed by atoms with E-state index in [-0.39, 0.29) is 12.0 Å². The Morgan fingerprint density at radius 3 is 3.32 bits per heavy atom. The van der Waals surface area contributed by atoms with E-state index in [4.69, 9.17) is 4.74 Å². The molecule has 0 spiro atoms. The molecule has 1 amide bonds. The van der Waals surface area contributed by atoms with E-state index >= 15 is 0 Å². The molecule has 6 nitrogen and oxygen atoms in total. The summed E-state index contributed by atoms with van der Waals surface area (Å²) in [6.45, 7) is 3.45. The van der Waals surface area contributed by atoms with Crippen LogP contribution in [0.25, 0.3) is 0 Å². The highest BCUT2D eigenvalue weighted by Gasteiger charge is 2.38. The van der Waals surface area contributed by atoms with Crippen molar-refractivity contribution in [3.63, 3.8) is 0 Å². The molecule has 0 aliphatic carbocycles. The van der Waals surface area contributed by atoms with Crippen molar-refractivity contribution in [1.29, 1.82) is 0 Å². The molecule has 0 saturated carbocycles. The van der Waals surface area contributed by atoms with Crippen LogP contribution in [0.15, 0.2) is 18.5 Å². The van der Waals surface area contributed by atoms with Gasteiger partial charge in [0, 0.05) is 19.0 Å². The van der Waals surface area contributed by atoms with Gasteiger partial charge in [0.15, 0.2) is 0 Å². The summed E-state index contributed by atoms with van der Waals surface area (Å²) in [7, 11) is 0. The predicted molar refractivity (Wildman–Crippen MR) is 68.6 cm³/mol. The normalized spacial score (nSPS) is 29.8. The van der Waals surface area contributed by atoms with Gasteiger partial charge in [0.2, 0.25) is 0 Å². The molecular formula is C13H18N4O2. The summed E-state index contributed by atoms with van der Waals surface area (Å²) in [6, 6.07) is 1.66. The van der Waals surface area contributed by atoms with Gasteiger partial charge >= 0.3 is 0 Å². The van der Waals surface area contributed by atoms with Gasteiger partial charge in [-0.2, -0.15) is 10.2 Å². The van der Waals surface area contributed by atoms with Crippen LogP contribution in [0.1, 0.15) is 16.8 Å². The van der Waals surface area contributed by atoms with Crippen molar-refractivity contribution in [2.75, 3.05) is 26.2 Å². The van der Waals surface area contributed by atoms with Gasteiger partial charge in [-0.15, -0.1) is 0 Å². The van der Waals surface area contributed by atoms with Crippen LogP contribution in [0.4, 0.5) is 0 Å². The van der Waals surface area contributed by atoms with E-state index in [1.165, 1.54) is 18.8 Å². The van der Waals surface area contributed by atoms with Crippen LogP contribution in [-0.2, 0) is 4.74 Å². The molecule has 2 N–H and O–H groups in total. The summed E-state index contributed by atoms with van der Waals surface area (Å²) in [6.07, 6.45) is 4.28. The second-order valence-electron chi connectivity index (χ2n) is 5.13. The average Bonchev–Trinajstić information content (AvgIpc) is 2.89. The van der Waals surface area contributed by atoms with Crippen LogP contribution in [0.3, 0.4) is 0 Å². The van der Waals surface area contributed by atoms with Crippen molar-refractivity contribution in [3.8, 4) is 0 Å². The largest absolute Gasteiger partial charge is 0.376 e. The highest BCUT2D eigenvalue weighted by atomic mass is 16.5. The average molecular weight is 262 g/mol. The Hall–Kier alpha value is -1.53. The highest BCUT2D eigenvalue weighted by molar-refractivity contribution is 5.93. The first-order valence-electron chi connectivity index (χ1n) is 6.72. The maximum atomic E-state index is 11.9. The SMILES string of the molecule is O=C(NC[C@H]1OC[C@@H]2CCNC[C@@H]21)c1ccnnc1. The van der Waals surface area contributed by atoms with Crippen LogP contribution < -0.4 is 10.6 Å². The van der Waals surface area contributed by atoms with E-state index in [2.05, 4.69) is 20.8 Å². The third kappa shape index (κ3) is 2.74. The molecule has 102 valence electrons. The molecule has 0 bridgehead atoms. The van der Waals surface area contributed by atoms with Gasteiger partial charge in [-0.25, -0.2) is 0 Å². The predicted octanol–water partition coefficient (Wildman–Crippen LogP) is -0.169. The highest BCUT2D eigenvalue weighted by Crippen LogP contribution is 2.30. The summed E-state index contributed by atoms with van der Waals surface area (Å²) in [5.74, 6) is 1.04. The van der Waals surface area contributed by atoms with Crippen LogP contribution in [0, 0.1) is 11.8 Å². The number of carbonyl (C=O) groups is 1. The molecule has 2 fully saturated rings. The zero-order valence-electron chi connectivity index (χ0n) is 10.7. The molecule has 6 heteroatoms. The second kappa shape index (κ2) is 5.63. The second-order valence-corrected chi connectivity index (χ2v) is 5.13. The number of rotatable bonds is 3. The number of ether oxygens (including phenoxy) is 1. The van der Waals surface area contributed by atoms with Crippen molar-refractivity contribution in [2.24, 2.45) is 11.8 Å². The van der Waals surface area contributed by atoms with E-state index < -0.39 is 0 Å². The van der Waals surface area contributed by atoms with Crippen molar-refractivity contribution < 1.29 is 9.53 Å². The smallest absolute Gasteiger partial charge is 0.253 e. The summed E-state index contributed by atoms with van der Waals surface area (Å²) in [4.78, 5) is 11.9. The van der Waals surface area contributed by atoms with E-state index in [0.717, 1.165) is 19.7 Å². The first-order chi connectivity index (χ1) is 9.34. The molecule has 2 aliphatic heterocycles. The molecule has 19 heavy (non-hydrogen) atoms. The summed E-state index contributed by atoms with van der Waals surface area (Å²) >= 11 is 0. The molecule has 0 radical (unpaired) electrons. The first kappa shape index (κ1) is 12.5. The van der Waals surface area contributed by atoms with Crippen molar-refractivity contribution in [3.05, 3.63) is 24.0 Å². The van der Waals surface area contributed by atoms with Gasteiger partial charge in [0.05, 0.1) is 30.7 Å². The monoisotopic (exact) mass is 262 g/mol. The summed E-state index contributed by atoms with van der Waals surface area (Å²) < 4.78 is 5.80. The lowest BCUT2D eigenvalue weighted by Gasteiger charge is -2.27. The first-order valence-corrected chi connectivity index (χ1v) is 6.72. The molecule has 1 aromatic rings. The molecule has 3 heterocycles. The number of hydrogen-bond acceptors (Lipinski definition) is 5. The maximum Gasteiger partial charge on any atom is 0.253 e. The van der Waals surface area contributed by atoms with Gasteiger partial charge in [-0.05, 0) is 24.9 Å². The molecule has 1 aromatic heterocycles. The maximum absolute atomic E-state index is 11.9. The number of piperidine rings is 1. The lowest BCUT2D eigenvalue weighted by Crippen LogP contribution is -2.43. The molecule has 3 atom stereocenters. The summed E-state index contributed by atoms with van der Waals surface area (Å²) in [5.41, 5.74) is 0.534. The lowest BCUT2D eigenvalue weighted by molar-refractivity contribution is 0.0776. The molecule has 0 unspecified atom stereocenters. The van der Waals surface area contributed by atoms with E-state index in [9.17, 15) is 4.79 Å². The summed E-state index contributed by atoms with van der Waals surface area (Å²) in [5, 5.41) is 13.7. The molecular weight excluding hydrogens is 244 g/mol. The van der Waals surface area contributed by atoms with Crippen LogP contribution >= 0.6 is 0 Å². The van der Waals surface area contributed by atoms with E-state index in [1.54, 1.807) is 6.07 Å². The quantitative estimate of drug-likeness (QED) is 0.791. The number of amides is 1. The molecule has 2 saturated heterocycles. The molecule has 0 aromatic carbocycles. The minimum absolute atomic E-state index is 0.120. The fraction of sp³-hybridized carbons (Fsp3) is 0.615. The Morgan fingerprint density at radius 1 is 1.53 bits per heavy atom. The van der Waals surface area contributed by atoms with Gasteiger partial charge in [-0.3, -0.25) is 4.79 Å². The fourth-order valence-corrected chi connectivity index (χ4v) is 2.88. The Bertz CT molecular complexity index is 440. The number of nitrogens with one attached hydrogen (secondary N) is 2. The van der Waals surface area contributed by atoms with Gasteiger partial charge in [-0.1, -0.05) is 0 Å². The van der Waals surface area contributed by atoms with Crippen LogP contribution in [0.2, 0.25) is 0 Å². The Kier molecular flexibility index (Phi) is 3.70. The van der Waals surface area contributed by atoms with Gasteiger partial charge < -0.3 is 15.4 Å². The number of aromatic nitrogens is 2. The number of fused-ring (bicyclic) bond motifs is 1. The van der Waals surface area contributed by atoms with E-state index in [1.807, 2.05) is 0 Å². The standard InChI is InChI=1S/C13H18N4O2/c18-13(9-2-4-16-17-5-9)15-7-12-11-6-14-3-1-10(11)8-19-12/h2,4-5,10-12,14H,1,3,6-8H2,(H,15,18)/t10-,11-,12+/m0/s1. The zero-order chi connectivity index (χ0) is 13.1. The third-order valence-corrected chi connectivity index (χ3v) is 3.99. The van der Waals surface area contributed by atoms with Gasteiger partial charge in [0.1, 0.15) is 0 Å². The van der Waals surface area contributed by atoms with E-state index in [0.29, 0.717) is 23.9 Å². The number of nitrogens with zero attached hydrogens (tertiary/aromatic N) is 2. The molecule has 3 rings (SSSR count). The Morgan fingerprint density at radius 2 is 2.47 bits per heavy atom.